The number of amides is 1. The van der Waals surface area contributed by atoms with Crippen molar-refractivity contribution in [1.82, 2.24) is 9.80 Å². The summed E-state index contributed by atoms with van der Waals surface area (Å²) in [7, 11) is 3.26. The lowest BCUT2D eigenvalue weighted by Crippen LogP contribution is -2.39. The fraction of sp³-hybridized carbons (Fsp3) is 0.409. The van der Waals surface area contributed by atoms with Crippen molar-refractivity contribution in [3.63, 3.8) is 0 Å². The van der Waals surface area contributed by atoms with E-state index < -0.39 is 0 Å². The maximum absolute atomic E-state index is 12.8. The Bertz CT molecular complexity index is 719. The molecule has 0 aromatic heterocycles. The van der Waals surface area contributed by atoms with Gasteiger partial charge in [-0.3, -0.25) is 9.69 Å². The van der Waals surface area contributed by atoms with E-state index in [0.29, 0.717) is 37.7 Å². The molecule has 0 N–H and O–H groups in total. The van der Waals surface area contributed by atoms with Crippen LogP contribution in [0, 0.1) is 0 Å². The highest BCUT2D eigenvalue weighted by Gasteiger charge is 2.16. The molecule has 0 unspecified atom stereocenters. The molecule has 0 aliphatic rings. The van der Waals surface area contributed by atoms with Crippen LogP contribution in [-0.4, -0.2) is 49.6 Å². The fourth-order valence-electron chi connectivity index (χ4n) is 2.99. The van der Waals surface area contributed by atoms with Crippen molar-refractivity contribution >= 4 is 5.91 Å². The molecule has 2 aromatic rings. The summed E-state index contributed by atoms with van der Waals surface area (Å²) in [5.74, 6) is 1.56. The lowest BCUT2D eigenvalue weighted by molar-refractivity contribution is -0.132. The molecule has 0 saturated heterocycles. The van der Waals surface area contributed by atoms with Crippen LogP contribution in [0.3, 0.4) is 0 Å². The molecule has 0 bridgehead atoms. The zero-order chi connectivity index (χ0) is 19.6. The molecule has 2 aromatic carbocycles. The Kier molecular flexibility index (Phi) is 8.14. The maximum Gasteiger partial charge on any atom is 0.237 e. The van der Waals surface area contributed by atoms with Crippen LogP contribution in [-0.2, 0) is 17.9 Å². The van der Waals surface area contributed by atoms with E-state index in [1.165, 1.54) is 0 Å². The van der Waals surface area contributed by atoms with Gasteiger partial charge in [-0.05, 0) is 36.7 Å². The molecule has 146 valence electrons. The lowest BCUT2D eigenvalue weighted by atomic mass is 10.2. The average Bonchev–Trinajstić information content (AvgIpc) is 2.71. The number of carbonyl (C=O) groups is 1. The fourth-order valence-corrected chi connectivity index (χ4v) is 2.99. The number of likely N-dealkylation sites (N-methyl/N-ethyl adjacent to an activating group) is 2. The van der Waals surface area contributed by atoms with Crippen LogP contribution >= 0.6 is 0 Å². The SMILES string of the molecule is CCN(CC(=O)N(CC)Cc1ccccc1)Cc1ccc(OC)c(OC)c1. The molecule has 2 rings (SSSR count). The van der Waals surface area contributed by atoms with E-state index in [4.69, 9.17) is 9.47 Å². The number of benzene rings is 2. The first-order valence-electron chi connectivity index (χ1n) is 9.36. The second kappa shape index (κ2) is 10.6. The summed E-state index contributed by atoms with van der Waals surface area (Å²) >= 11 is 0. The molecule has 0 fully saturated rings. The van der Waals surface area contributed by atoms with E-state index in [-0.39, 0.29) is 5.91 Å². The highest BCUT2D eigenvalue weighted by atomic mass is 16.5. The Morgan fingerprint density at radius 3 is 2.15 bits per heavy atom. The van der Waals surface area contributed by atoms with Crippen LogP contribution in [0.2, 0.25) is 0 Å². The van der Waals surface area contributed by atoms with E-state index in [9.17, 15) is 4.79 Å². The maximum atomic E-state index is 12.8. The third kappa shape index (κ3) is 6.00. The summed E-state index contributed by atoms with van der Waals surface area (Å²) in [5.41, 5.74) is 2.24. The predicted octanol–water partition coefficient (Wildman–Crippen LogP) is 3.57. The van der Waals surface area contributed by atoms with Gasteiger partial charge >= 0.3 is 0 Å². The van der Waals surface area contributed by atoms with E-state index in [1.807, 2.05) is 48.2 Å². The van der Waals surface area contributed by atoms with Crippen LogP contribution in [0.4, 0.5) is 0 Å². The molecule has 0 heterocycles. The second-order valence-electron chi connectivity index (χ2n) is 6.39. The molecule has 0 radical (unpaired) electrons. The monoisotopic (exact) mass is 370 g/mol. The average molecular weight is 370 g/mol. The first-order chi connectivity index (χ1) is 13.1. The van der Waals surface area contributed by atoms with Crippen molar-refractivity contribution in [3.05, 3.63) is 59.7 Å². The molecular weight excluding hydrogens is 340 g/mol. The molecule has 0 aliphatic heterocycles. The molecular formula is C22H30N2O3. The van der Waals surface area contributed by atoms with Gasteiger partial charge < -0.3 is 14.4 Å². The summed E-state index contributed by atoms with van der Waals surface area (Å²) in [6.45, 7) is 7.30. The first kappa shape index (κ1) is 20.8. The lowest BCUT2D eigenvalue weighted by Gasteiger charge is -2.26. The minimum absolute atomic E-state index is 0.142. The van der Waals surface area contributed by atoms with Gasteiger partial charge in [-0.2, -0.15) is 0 Å². The third-order valence-electron chi connectivity index (χ3n) is 4.61. The van der Waals surface area contributed by atoms with Gasteiger partial charge in [0.25, 0.3) is 0 Å². The number of nitrogens with zero attached hydrogens (tertiary/aromatic N) is 2. The van der Waals surface area contributed by atoms with Gasteiger partial charge in [0.05, 0.1) is 20.8 Å². The number of hydrogen-bond acceptors (Lipinski definition) is 4. The normalized spacial score (nSPS) is 10.7. The van der Waals surface area contributed by atoms with Gasteiger partial charge in [-0.1, -0.05) is 43.3 Å². The zero-order valence-electron chi connectivity index (χ0n) is 16.8. The summed E-state index contributed by atoms with van der Waals surface area (Å²) in [4.78, 5) is 16.8. The van der Waals surface area contributed by atoms with Gasteiger partial charge in [-0.15, -0.1) is 0 Å². The minimum Gasteiger partial charge on any atom is -0.493 e. The number of ether oxygens (including phenoxy) is 2. The predicted molar refractivity (Wildman–Crippen MR) is 108 cm³/mol. The Balaban J connectivity index is 2.01. The zero-order valence-corrected chi connectivity index (χ0v) is 16.8. The smallest absolute Gasteiger partial charge is 0.237 e. The van der Waals surface area contributed by atoms with Crippen molar-refractivity contribution in [3.8, 4) is 11.5 Å². The molecule has 0 atom stereocenters. The number of rotatable bonds is 10. The molecule has 0 spiro atoms. The molecule has 0 saturated carbocycles. The number of hydrogen-bond donors (Lipinski definition) is 0. The van der Waals surface area contributed by atoms with E-state index in [0.717, 1.165) is 17.7 Å². The Labute approximate surface area is 162 Å². The van der Waals surface area contributed by atoms with Crippen molar-refractivity contribution < 1.29 is 14.3 Å². The van der Waals surface area contributed by atoms with E-state index >= 15 is 0 Å². The summed E-state index contributed by atoms with van der Waals surface area (Å²) in [6, 6.07) is 16.0. The standard InChI is InChI=1S/C22H30N2O3/c1-5-23(15-19-12-13-20(26-3)21(14-19)27-4)17-22(25)24(6-2)16-18-10-8-7-9-11-18/h7-14H,5-6,15-17H2,1-4H3. The molecule has 5 heteroatoms. The highest BCUT2D eigenvalue weighted by molar-refractivity contribution is 5.78. The summed E-state index contributed by atoms with van der Waals surface area (Å²) in [6.07, 6.45) is 0. The van der Waals surface area contributed by atoms with E-state index in [2.05, 4.69) is 24.0 Å². The van der Waals surface area contributed by atoms with E-state index in [1.54, 1.807) is 14.2 Å². The Morgan fingerprint density at radius 1 is 0.852 bits per heavy atom. The van der Waals surface area contributed by atoms with Crippen LogP contribution in [0.15, 0.2) is 48.5 Å². The summed E-state index contributed by atoms with van der Waals surface area (Å²) < 4.78 is 10.7. The third-order valence-corrected chi connectivity index (χ3v) is 4.61. The largest absolute Gasteiger partial charge is 0.493 e. The Hall–Kier alpha value is -2.53. The van der Waals surface area contributed by atoms with Gasteiger partial charge in [0.2, 0.25) is 5.91 Å². The van der Waals surface area contributed by atoms with Crippen LogP contribution in [0.1, 0.15) is 25.0 Å². The second-order valence-corrected chi connectivity index (χ2v) is 6.39. The van der Waals surface area contributed by atoms with Crippen LogP contribution < -0.4 is 9.47 Å². The molecule has 5 nitrogen and oxygen atoms in total. The molecule has 0 aliphatic carbocycles. The number of carbonyl (C=O) groups excluding carboxylic acids is 1. The minimum atomic E-state index is 0.142. The topological polar surface area (TPSA) is 42.0 Å². The number of methoxy groups -OCH3 is 2. The highest BCUT2D eigenvalue weighted by Crippen LogP contribution is 2.28. The molecule has 27 heavy (non-hydrogen) atoms. The van der Waals surface area contributed by atoms with Crippen molar-refractivity contribution in [2.75, 3.05) is 33.9 Å². The van der Waals surface area contributed by atoms with Gasteiger partial charge in [0.15, 0.2) is 11.5 Å². The van der Waals surface area contributed by atoms with Crippen molar-refractivity contribution in [2.45, 2.75) is 26.9 Å². The van der Waals surface area contributed by atoms with Crippen molar-refractivity contribution in [2.24, 2.45) is 0 Å². The van der Waals surface area contributed by atoms with Crippen molar-refractivity contribution in [1.29, 1.82) is 0 Å². The Morgan fingerprint density at radius 2 is 1.56 bits per heavy atom. The van der Waals surface area contributed by atoms with Gasteiger partial charge in [0.1, 0.15) is 0 Å². The quantitative estimate of drug-likeness (QED) is 0.641. The molecule has 1 amide bonds. The summed E-state index contributed by atoms with van der Waals surface area (Å²) in [5, 5.41) is 0. The van der Waals surface area contributed by atoms with Crippen LogP contribution in [0.25, 0.3) is 0 Å². The van der Waals surface area contributed by atoms with Crippen LogP contribution in [0.5, 0.6) is 11.5 Å². The van der Waals surface area contributed by atoms with Gasteiger partial charge in [-0.25, -0.2) is 0 Å². The van der Waals surface area contributed by atoms with Gasteiger partial charge in [0, 0.05) is 19.6 Å². The first-order valence-corrected chi connectivity index (χ1v) is 9.36.